The fourth-order valence-electron chi connectivity index (χ4n) is 1.76. The topological polar surface area (TPSA) is 96.2 Å². The number of halogens is 3. The minimum absolute atomic E-state index is 0.0666. The number of nitrogens with zero attached hydrogens (tertiary/aromatic N) is 1. The Morgan fingerprint density at radius 1 is 1.12 bits per heavy atom. The highest BCUT2D eigenvalue weighted by Crippen LogP contribution is 2.24. The largest absolute Gasteiger partial charge is 0.497 e. The molecule has 2 aromatic rings. The monoisotopic (exact) mass is 391 g/mol. The Morgan fingerprint density at radius 2 is 1.69 bits per heavy atom. The van der Waals surface area contributed by atoms with E-state index in [1.165, 1.54) is 37.4 Å². The first-order valence-electron chi connectivity index (χ1n) is 6.97. The zero-order chi connectivity index (χ0) is 20.0. The van der Waals surface area contributed by atoms with Crippen LogP contribution >= 0.6 is 0 Å². The van der Waals surface area contributed by atoms with Crippen molar-refractivity contribution >= 4 is 15.8 Å². The molecule has 0 atom stereocenters. The van der Waals surface area contributed by atoms with Gasteiger partial charge in [0, 0.05) is 5.56 Å². The van der Waals surface area contributed by atoms with Crippen molar-refractivity contribution in [3.05, 3.63) is 59.7 Å². The summed E-state index contributed by atoms with van der Waals surface area (Å²) in [7, 11) is -2.68. The number of hydrogen-bond donors (Lipinski definition) is 2. The molecule has 0 heterocycles. The van der Waals surface area contributed by atoms with Crippen LogP contribution in [0.4, 0.5) is 13.2 Å². The minimum atomic E-state index is -4.69. The second-order valence-electron chi connectivity index (χ2n) is 4.97. The molecular weight excluding hydrogens is 375 g/mol. The Kier molecular flexibility index (Phi) is 7.16. The first kappa shape index (κ1) is 21.5. The van der Waals surface area contributed by atoms with Gasteiger partial charge < -0.3 is 9.94 Å². The third-order valence-electron chi connectivity index (χ3n) is 3.03. The van der Waals surface area contributed by atoms with Crippen LogP contribution in [0.5, 0.6) is 5.75 Å². The van der Waals surface area contributed by atoms with Gasteiger partial charge in [-0.25, -0.2) is 0 Å². The average molecular weight is 391 g/mol. The van der Waals surface area contributed by atoms with Gasteiger partial charge in [0.25, 0.3) is 10.1 Å². The van der Waals surface area contributed by atoms with E-state index in [2.05, 4.69) is 5.16 Å². The molecule has 2 rings (SSSR count). The van der Waals surface area contributed by atoms with Gasteiger partial charge in [-0.1, -0.05) is 35.0 Å². The summed E-state index contributed by atoms with van der Waals surface area (Å²) in [5.41, 5.74) is -0.636. The molecule has 0 saturated heterocycles. The number of methoxy groups -OCH3 is 1. The molecule has 0 radical (unpaired) electrons. The molecule has 0 aromatic heterocycles. The molecule has 26 heavy (non-hydrogen) atoms. The first-order valence-corrected chi connectivity index (χ1v) is 8.41. The maximum absolute atomic E-state index is 12.3. The lowest BCUT2D eigenvalue weighted by atomic mass is 10.1. The second kappa shape index (κ2) is 8.68. The predicted molar refractivity (Wildman–Crippen MR) is 88.4 cm³/mol. The van der Waals surface area contributed by atoms with E-state index in [9.17, 15) is 21.6 Å². The number of aryl methyl sites for hydroxylation is 1. The number of benzene rings is 2. The predicted octanol–water partition coefficient (Wildman–Crippen LogP) is 3.68. The maximum atomic E-state index is 12.3. The van der Waals surface area contributed by atoms with Crippen LogP contribution < -0.4 is 4.74 Å². The molecule has 0 spiro atoms. The Hall–Kier alpha value is -2.59. The molecule has 0 fully saturated rings. The standard InChI is InChI=1S/C9H8F3NO2.C7H8O3S/c1-15-7-4-2-3-6(5-7)8(13-14)9(10,11)12;1-6-2-4-7(5-3-6)11(8,9)10/h2-5,14H,1H3;2-5H,1H3,(H,8,9,10). The summed E-state index contributed by atoms with van der Waals surface area (Å²) in [5, 5.41) is 10.5. The van der Waals surface area contributed by atoms with Gasteiger partial charge in [-0.3, -0.25) is 4.55 Å². The highest BCUT2D eigenvalue weighted by atomic mass is 32.2. The van der Waals surface area contributed by atoms with Crippen LogP contribution in [0.1, 0.15) is 11.1 Å². The SMILES string of the molecule is COc1cccc(C(=NO)C(F)(F)F)c1.Cc1ccc(S(=O)(=O)O)cc1. The third kappa shape index (κ3) is 6.37. The Balaban J connectivity index is 0.000000273. The van der Waals surface area contributed by atoms with Gasteiger partial charge in [-0.05, 0) is 31.2 Å². The Labute approximate surface area is 148 Å². The van der Waals surface area contributed by atoms with Crippen LogP contribution in [0.3, 0.4) is 0 Å². The molecule has 6 nitrogen and oxygen atoms in total. The van der Waals surface area contributed by atoms with Crippen molar-refractivity contribution in [2.24, 2.45) is 5.16 Å². The Bertz CT molecular complexity index is 862. The van der Waals surface area contributed by atoms with Gasteiger partial charge in [0.2, 0.25) is 0 Å². The maximum Gasteiger partial charge on any atom is 0.437 e. The number of hydrogen-bond acceptors (Lipinski definition) is 5. The van der Waals surface area contributed by atoms with E-state index in [0.717, 1.165) is 11.6 Å². The lowest BCUT2D eigenvalue weighted by Crippen LogP contribution is -2.24. The fraction of sp³-hybridized carbons (Fsp3) is 0.188. The van der Waals surface area contributed by atoms with E-state index < -0.39 is 22.0 Å². The molecule has 0 amide bonds. The molecule has 142 valence electrons. The van der Waals surface area contributed by atoms with Crippen LogP contribution in [0.15, 0.2) is 58.6 Å². The van der Waals surface area contributed by atoms with Gasteiger partial charge in [-0.15, -0.1) is 0 Å². The molecule has 2 N–H and O–H groups in total. The van der Waals surface area contributed by atoms with Crippen LogP contribution in [-0.4, -0.2) is 37.2 Å². The molecule has 0 saturated carbocycles. The molecule has 0 aliphatic rings. The van der Waals surface area contributed by atoms with E-state index >= 15 is 0 Å². The minimum Gasteiger partial charge on any atom is -0.497 e. The first-order chi connectivity index (χ1) is 12.0. The van der Waals surface area contributed by atoms with Crippen molar-refractivity contribution in [3.63, 3.8) is 0 Å². The lowest BCUT2D eigenvalue weighted by Gasteiger charge is -2.09. The molecule has 2 aromatic carbocycles. The smallest absolute Gasteiger partial charge is 0.437 e. The highest BCUT2D eigenvalue weighted by molar-refractivity contribution is 7.85. The summed E-state index contributed by atoms with van der Waals surface area (Å²) >= 11 is 0. The van der Waals surface area contributed by atoms with Crippen LogP contribution in [-0.2, 0) is 10.1 Å². The summed E-state index contributed by atoms with van der Waals surface area (Å²) < 4.78 is 71.2. The highest BCUT2D eigenvalue weighted by Gasteiger charge is 2.37. The van der Waals surface area contributed by atoms with Gasteiger partial charge in [0.05, 0.1) is 12.0 Å². The quantitative estimate of drug-likeness (QED) is 0.360. The molecule has 10 heteroatoms. The zero-order valence-corrected chi connectivity index (χ0v) is 14.5. The van der Waals surface area contributed by atoms with E-state index in [-0.39, 0.29) is 16.2 Å². The van der Waals surface area contributed by atoms with Crippen LogP contribution in [0.25, 0.3) is 0 Å². The molecular formula is C16H16F3NO5S. The van der Waals surface area contributed by atoms with E-state index in [4.69, 9.17) is 14.5 Å². The summed E-state index contributed by atoms with van der Waals surface area (Å²) in [6, 6.07) is 11.2. The van der Waals surface area contributed by atoms with Crippen molar-refractivity contribution in [1.29, 1.82) is 0 Å². The van der Waals surface area contributed by atoms with Crippen molar-refractivity contribution in [1.82, 2.24) is 0 Å². The van der Waals surface area contributed by atoms with E-state index in [0.29, 0.717) is 0 Å². The Morgan fingerprint density at radius 3 is 2.12 bits per heavy atom. The number of alkyl halides is 3. The fourth-order valence-corrected chi connectivity index (χ4v) is 2.24. The summed E-state index contributed by atoms with van der Waals surface area (Å²) in [6.07, 6.45) is -4.69. The van der Waals surface area contributed by atoms with Gasteiger partial charge in [0.1, 0.15) is 5.75 Å². The molecule has 0 bridgehead atoms. The van der Waals surface area contributed by atoms with Crippen LogP contribution in [0, 0.1) is 6.92 Å². The zero-order valence-electron chi connectivity index (χ0n) is 13.7. The van der Waals surface area contributed by atoms with E-state index in [1.807, 2.05) is 6.92 Å². The molecule has 0 aliphatic heterocycles. The summed E-state index contributed by atoms with van der Waals surface area (Å²) in [4.78, 5) is -0.0666. The van der Waals surface area contributed by atoms with Crippen molar-refractivity contribution in [2.45, 2.75) is 18.0 Å². The average Bonchev–Trinajstić information content (AvgIpc) is 2.54. The summed E-state index contributed by atoms with van der Waals surface area (Å²) in [6.45, 7) is 1.84. The van der Waals surface area contributed by atoms with Crippen molar-refractivity contribution < 1.29 is 36.1 Å². The normalized spacial score (nSPS) is 12.2. The second-order valence-corrected chi connectivity index (χ2v) is 6.39. The van der Waals surface area contributed by atoms with Crippen LogP contribution in [0.2, 0.25) is 0 Å². The summed E-state index contributed by atoms with van der Waals surface area (Å²) in [5.74, 6) is 0.262. The number of rotatable bonds is 3. The van der Waals surface area contributed by atoms with Gasteiger partial charge in [0.15, 0.2) is 5.71 Å². The van der Waals surface area contributed by atoms with Crippen molar-refractivity contribution in [2.75, 3.05) is 7.11 Å². The van der Waals surface area contributed by atoms with E-state index in [1.54, 1.807) is 12.1 Å². The van der Waals surface area contributed by atoms with Gasteiger partial charge in [-0.2, -0.15) is 21.6 Å². The van der Waals surface area contributed by atoms with Crippen molar-refractivity contribution in [3.8, 4) is 5.75 Å². The molecule has 0 unspecified atom stereocenters. The third-order valence-corrected chi connectivity index (χ3v) is 3.90. The molecule has 0 aliphatic carbocycles. The lowest BCUT2D eigenvalue weighted by molar-refractivity contribution is -0.0601. The number of oxime groups is 1. The number of ether oxygens (including phenoxy) is 1. The van der Waals surface area contributed by atoms with Gasteiger partial charge >= 0.3 is 6.18 Å².